The van der Waals surface area contributed by atoms with Crippen LogP contribution in [0.15, 0.2) is 0 Å². The molecular weight excluding hydrogens is 246 g/mol. The second kappa shape index (κ2) is 5.29. The number of methoxy groups -OCH3 is 1. The highest BCUT2D eigenvalue weighted by Crippen LogP contribution is 2.29. The van der Waals surface area contributed by atoms with E-state index in [1.165, 1.54) is 0 Å². The quantitative estimate of drug-likeness (QED) is 0.775. The summed E-state index contributed by atoms with van der Waals surface area (Å²) in [6.07, 6.45) is -0.300. The molecule has 5 nitrogen and oxygen atoms in total. The van der Waals surface area contributed by atoms with E-state index in [-0.39, 0.29) is 6.09 Å². The third-order valence-corrected chi connectivity index (χ3v) is 2.72. The molecule has 1 unspecified atom stereocenters. The lowest BCUT2D eigenvalue weighted by Gasteiger charge is -2.48. The van der Waals surface area contributed by atoms with E-state index in [1.54, 1.807) is 12.0 Å². The molecule has 0 aromatic heterocycles. The van der Waals surface area contributed by atoms with E-state index in [2.05, 4.69) is 0 Å². The van der Waals surface area contributed by atoms with Gasteiger partial charge in [-0.3, -0.25) is 0 Å². The second-order valence-corrected chi connectivity index (χ2v) is 7.08. The summed E-state index contributed by atoms with van der Waals surface area (Å²) in [5, 5.41) is 0. The molecule has 0 radical (unpaired) electrons. The van der Waals surface area contributed by atoms with Gasteiger partial charge >= 0.3 is 6.09 Å². The Hall–Kier alpha value is -0.810. The molecule has 5 heteroatoms. The van der Waals surface area contributed by atoms with Crippen molar-refractivity contribution in [2.45, 2.75) is 58.3 Å². The van der Waals surface area contributed by atoms with Gasteiger partial charge in [-0.05, 0) is 41.5 Å². The Bertz CT molecular complexity index is 335. The summed E-state index contributed by atoms with van der Waals surface area (Å²) in [6, 6.07) is 0. The van der Waals surface area contributed by atoms with Crippen LogP contribution in [0.2, 0.25) is 0 Å². The van der Waals surface area contributed by atoms with Crippen LogP contribution >= 0.6 is 0 Å². The summed E-state index contributed by atoms with van der Waals surface area (Å²) in [6.45, 7) is 12.9. The summed E-state index contributed by atoms with van der Waals surface area (Å²) in [5.41, 5.74) is -1.41. The SMILES string of the molecule is COCC1(C)CN(C(=O)OC(C)(C)C)CC(C)(C)O1. The third kappa shape index (κ3) is 4.99. The Morgan fingerprint density at radius 2 is 1.84 bits per heavy atom. The van der Waals surface area contributed by atoms with Crippen LogP contribution in [0.25, 0.3) is 0 Å². The fourth-order valence-electron chi connectivity index (χ4n) is 2.49. The van der Waals surface area contributed by atoms with E-state index in [1.807, 2.05) is 41.5 Å². The van der Waals surface area contributed by atoms with Crippen molar-refractivity contribution in [3.8, 4) is 0 Å². The number of carbonyl (C=O) groups is 1. The summed E-state index contributed by atoms with van der Waals surface area (Å²) >= 11 is 0. The first-order valence-corrected chi connectivity index (χ1v) is 6.63. The van der Waals surface area contributed by atoms with Crippen molar-refractivity contribution in [3.05, 3.63) is 0 Å². The zero-order valence-electron chi connectivity index (χ0n) is 13.2. The fourth-order valence-corrected chi connectivity index (χ4v) is 2.49. The highest BCUT2D eigenvalue weighted by molar-refractivity contribution is 5.68. The fraction of sp³-hybridized carbons (Fsp3) is 0.929. The summed E-state index contributed by atoms with van der Waals surface area (Å²) < 4.78 is 16.7. The molecule has 1 heterocycles. The van der Waals surface area contributed by atoms with Gasteiger partial charge in [-0.1, -0.05) is 0 Å². The molecular formula is C14H27NO4. The van der Waals surface area contributed by atoms with Gasteiger partial charge in [-0.15, -0.1) is 0 Å². The van der Waals surface area contributed by atoms with E-state index in [0.29, 0.717) is 19.7 Å². The third-order valence-electron chi connectivity index (χ3n) is 2.72. The number of hydrogen-bond acceptors (Lipinski definition) is 4. The van der Waals surface area contributed by atoms with Gasteiger partial charge in [0.05, 0.1) is 25.3 Å². The number of carbonyl (C=O) groups excluding carboxylic acids is 1. The molecule has 1 saturated heterocycles. The standard InChI is InChI=1S/C14H27NO4/c1-12(2,3)18-11(16)15-8-13(4,5)19-14(6,9-15)10-17-7/h8-10H2,1-7H3. The minimum atomic E-state index is -0.507. The molecule has 1 aliphatic heterocycles. The minimum Gasteiger partial charge on any atom is -0.444 e. The van der Waals surface area contributed by atoms with Crippen LogP contribution in [-0.4, -0.2) is 54.6 Å². The van der Waals surface area contributed by atoms with Crippen molar-refractivity contribution in [2.24, 2.45) is 0 Å². The van der Waals surface area contributed by atoms with Gasteiger partial charge in [0.2, 0.25) is 0 Å². The Kier molecular flexibility index (Phi) is 4.52. The number of nitrogens with zero attached hydrogens (tertiary/aromatic N) is 1. The van der Waals surface area contributed by atoms with Gasteiger partial charge in [0.25, 0.3) is 0 Å². The molecule has 1 atom stereocenters. The lowest BCUT2D eigenvalue weighted by molar-refractivity contribution is -0.201. The summed E-state index contributed by atoms with van der Waals surface area (Å²) in [5.74, 6) is 0. The molecule has 0 aliphatic carbocycles. The molecule has 112 valence electrons. The summed E-state index contributed by atoms with van der Waals surface area (Å²) in [4.78, 5) is 13.9. The van der Waals surface area contributed by atoms with Crippen LogP contribution in [-0.2, 0) is 14.2 Å². The maximum absolute atomic E-state index is 12.2. The van der Waals surface area contributed by atoms with Crippen molar-refractivity contribution in [2.75, 3.05) is 26.8 Å². The van der Waals surface area contributed by atoms with Gasteiger partial charge in [-0.2, -0.15) is 0 Å². The first-order valence-electron chi connectivity index (χ1n) is 6.63. The molecule has 0 spiro atoms. The minimum absolute atomic E-state index is 0.300. The van der Waals surface area contributed by atoms with E-state index in [0.717, 1.165) is 0 Å². The first-order chi connectivity index (χ1) is 8.46. The topological polar surface area (TPSA) is 48.0 Å². The number of morpholine rings is 1. The lowest BCUT2D eigenvalue weighted by Crippen LogP contribution is -2.61. The van der Waals surface area contributed by atoms with Crippen molar-refractivity contribution in [1.29, 1.82) is 0 Å². The molecule has 1 rings (SSSR count). The zero-order valence-corrected chi connectivity index (χ0v) is 13.2. The van der Waals surface area contributed by atoms with Gasteiger partial charge < -0.3 is 19.1 Å². The van der Waals surface area contributed by atoms with Crippen LogP contribution in [0.5, 0.6) is 0 Å². The largest absolute Gasteiger partial charge is 0.444 e. The predicted molar refractivity (Wildman–Crippen MR) is 73.3 cm³/mol. The van der Waals surface area contributed by atoms with E-state index >= 15 is 0 Å². The van der Waals surface area contributed by atoms with Gasteiger partial charge in [0.1, 0.15) is 11.2 Å². The van der Waals surface area contributed by atoms with Crippen molar-refractivity contribution in [3.63, 3.8) is 0 Å². The van der Waals surface area contributed by atoms with Crippen LogP contribution in [0.1, 0.15) is 41.5 Å². The van der Waals surface area contributed by atoms with Crippen LogP contribution in [0.3, 0.4) is 0 Å². The van der Waals surface area contributed by atoms with Crippen molar-refractivity contribution < 1.29 is 19.0 Å². The zero-order chi connectivity index (χ0) is 14.9. The molecule has 0 aromatic carbocycles. The Labute approximate surface area is 116 Å². The number of hydrogen-bond donors (Lipinski definition) is 0. The molecule has 19 heavy (non-hydrogen) atoms. The monoisotopic (exact) mass is 273 g/mol. The summed E-state index contributed by atoms with van der Waals surface area (Å²) in [7, 11) is 1.63. The van der Waals surface area contributed by atoms with Crippen LogP contribution in [0.4, 0.5) is 4.79 Å². The molecule has 1 fully saturated rings. The molecule has 1 amide bonds. The van der Waals surface area contributed by atoms with Crippen LogP contribution in [0, 0.1) is 0 Å². The van der Waals surface area contributed by atoms with Gasteiger partial charge in [0.15, 0.2) is 0 Å². The molecule has 0 N–H and O–H groups in total. The van der Waals surface area contributed by atoms with Crippen LogP contribution < -0.4 is 0 Å². The second-order valence-electron chi connectivity index (χ2n) is 7.08. The Balaban J connectivity index is 2.81. The van der Waals surface area contributed by atoms with Gasteiger partial charge in [0, 0.05) is 7.11 Å². The molecule has 0 bridgehead atoms. The highest BCUT2D eigenvalue weighted by Gasteiger charge is 2.43. The van der Waals surface area contributed by atoms with E-state index in [9.17, 15) is 4.79 Å². The first kappa shape index (κ1) is 16.2. The highest BCUT2D eigenvalue weighted by atomic mass is 16.6. The average Bonchev–Trinajstić information content (AvgIpc) is 2.11. The van der Waals surface area contributed by atoms with E-state index in [4.69, 9.17) is 14.2 Å². The van der Waals surface area contributed by atoms with E-state index < -0.39 is 16.8 Å². The average molecular weight is 273 g/mol. The normalized spacial score (nSPS) is 27.2. The smallest absolute Gasteiger partial charge is 0.410 e. The lowest BCUT2D eigenvalue weighted by atomic mass is 9.98. The molecule has 1 aliphatic rings. The van der Waals surface area contributed by atoms with Gasteiger partial charge in [-0.25, -0.2) is 4.79 Å². The number of ether oxygens (including phenoxy) is 3. The number of rotatable bonds is 2. The van der Waals surface area contributed by atoms with Crippen molar-refractivity contribution >= 4 is 6.09 Å². The molecule has 0 aromatic rings. The number of amides is 1. The van der Waals surface area contributed by atoms with Crippen molar-refractivity contribution in [1.82, 2.24) is 4.90 Å². The Morgan fingerprint density at radius 3 is 2.32 bits per heavy atom. The predicted octanol–water partition coefficient (Wildman–Crippen LogP) is 2.44. The maximum Gasteiger partial charge on any atom is 0.410 e. The molecule has 0 saturated carbocycles. The Morgan fingerprint density at radius 1 is 1.26 bits per heavy atom. The maximum atomic E-state index is 12.2.